The Hall–Kier alpha value is -5.29. The second-order valence-corrected chi connectivity index (χ2v) is 16.4. The zero-order valence-electron chi connectivity index (χ0n) is 31.6. The number of ether oxygens (including phenoxy) is 3. The molecule has 0 bridgehead atoms. The molecule has 1 aliphatic carbocycles. The van der Waals surface area contributed by atoms with E-state index in [4.69, 9.17) is 25.8 Å². The number of fused-ring (bicyclic) bond motifs is 8. The number of carboxylic acid groups (broad SMARTS) is 1. The number of rotatable bonds is 13. The number of aromatic nitrogens is 4. The molecule has 11 nitrogen and oxygen atoms in total. The Morgan fingerprint density at radius 3 is 2.49 bits per heavy atom. The van der Waals surface area contributed by atoms with Crippen LogP contribution in [-0.4, -0.2) is 99.3 Å². The van der Waals surface area contributed by atoms with E-state index in [1.165, 1.54) is 42.1 Å². The van der Waals surface area contributed by atoms with Gasteiger partial charge in [0.25, 0.3) is 0 Å². The van der Waals surface area contributed by atoms with Crippen LogP contribution in [-0.2, 0) is 23.4 Å². The van der Waals surface area contributed by atoms with Gasteiger partial charge >= 0.3 is 12.1 Å². The number of hydrogen-bond donors (Lipinski definition) is 1. The molecule has 4 heterocycles. The molecule has 7 aromatic rings. The SMILES string of the molecule is CN1CCN(CCOc2ccc3c(c2Cl)c2cc(F)ccc2c2sc4ncnc(OC(C(=O)O)C5(c6ccccc6OCc6ccnn6CC(F)(F)F)CC5)c4c32)CC1. The molecule has 4 aromatic carbocycles. The highest BCUT2D eigenvalue weighted by Gasteiger charge is 2.57. The lowest BCUT2D eigenvalue weighted by molar-refractivity contribution is -0.147. The van der Waals surface area contributed by atoms with Gasteiger partial charge in [0, 0.05) is 70.8 Å². The largest absolute Gasteiger partial charge is 0.491 e. The summed E-state index contributed by atoms with van der Waals surface area (Å²) in [5, 5.41) is 18.6. The lowest BCUT2D eigenvalue weighted by atomic mass is 9.89. The van der Waals surface area contributed by atoms with E-state index in [1.807, 2.05) is 6.07 Å². The minimum absolute atomic E-state index is 0.0424. The molecule has 9 rings (SSSR count). The van der Waals surface area contributed by atoms with Gasteiger partial charge in [-0.05, 0) is 67.1 Å². The van der Waals surface area contributed by atoms with Crippen LogP contribution >= 0.6 is 22.9 Å². The molecular weight excluding hydrogens is 812 g/mol. The summed E-state index contributed by atoms with van der Waals surface area (Å²) in [7, 11) is 2.10. The number of aliphatic carboxylic acids is 1. The molecule has 59 heavy (non-hydrogen) atoms. The van der Waals surface area contributed by atoms with Gasteiger partial charge in [-0.1, -0.05) is 35.9 Å². The Kier molecular flexibility index (Phi) is 10.2. The number of para-hydroxylation sites is 1. The molecule has 2 aliphatic rings. The van der Waals surface area contributed by atoms with E-state index in [2.05, 4.69) is 31.9 Å². The van der Waals surface area contributed by atoms with E-state index in [1.54, 1.807) is 36.4 Å². The van der Waals surface area contributed by atoms with Crippen LogP contribution in [0.3, 0.4) is 0 Å². The van der Waals surface area contributed by atoms with Crippen molar-refractivity contribution in [1.82, 2.24) is 29.5 Å². The molecule has 3 aromatic heterocycles. The van der Waals surface area contributed by atoms with Gasteiger partial charge in [-0.2, -0.15) is 18.3 Å². The molecule has 306 valence electrons. The van der Waals surface area contributed by atoms with Gasteiger partial charge in [-0.15, -0.1) is 11.3 Å². The third kappa shape index (κ3) is 7.47. The molecule has 1 atom stereocenters. The number of benzene rings is 4. The van der Waals surface area contributed by atoms with Crippen LogP contribution in [0, 0.1) is 5.82 Å². The van der Waals surface area contributed by atoms with Gasteiger partial charge in [-0.3, -0.25) is 9.58 Å². The predicted octanol–water partition coefficient (Wildman–Crippen LogP) is 8.47. The van der Waals surface area contributed by atoms with Gasteiger partial charge < -0.3 is 24.2 Å². The first kappa shape index (κ1) is 39.2. The summed E-state index contributed by atoms with van der Waals surface area (Å²) in [4.78, 5) is 27.5. The number of carboxylic acids is 1. The number of carbonyl (C=O) groups is 1. The standard InChI is InChI=1S/C42H37ClF4N6O5S/c1-51-14-16-52(17-15-51)18-19-56-31-9-8-27-32(35(31)43)28-20-24(44)6-7-26(28)36-33(27)34-38(48-23-49-39(34)59-36)58-37(40(54)55)41(11-12-41)29-4-2-3-5-30(29)57-21-25-10-13-50-53(25)22-42(45,46)47/h2-10,13,20,23,37H,11-12,14-19,21-22H2,1H3,(H,54,55). The first-order valence-corrected chi connectivity index (χ1v) is 20.2. The highest BCUT2D eigenvalue weighted by Crippen LogP contribution is 2.56. The molecular formula is C42H37ClF4N6O5S. The number of alkyl halides is 3. The number of nitrogens with zero attached hydrogens (tertiary/aromatic N) is 6. The van der Waals surface area contributed by atoms with E-state index >= 15 is 0 Å². The molecule has 1 aliphatic heterocycles. The van der Waals surface area contributed by atoms with E-state index in [-0.39, 0.29) is 18.2 Å². The topological polar surface area (TPSA) is 115 Å². The van der Waals surface area contributed by atoms with Gasteiger partial charge in [0.05, 0.1) is 16.1 Å². The van der Waals surface area contributed by atoms with E-state index < -0.39 is 36.0 Å². The summed E-state index contributed by atoms with van der Waals surface area (Å²) < 4.78 is 75.0. The van der Waals surface area contributed by atoms with Crippen molar-refractivity contribution >= 4 is 70.8 Å². The van der Waals surface area contributed by atoms with Gasteiger partial charge in [-0.25, -0.2) is 19.2 Å². The second-order valence-electron chi connectivity index (χ2n) is 15.0. The maximum Gasteiger partial charge on any atom is 0.408 e. The summed E-state index contributed by atoms with van der Waals surface area (Å²) in [5.74, 6) is -0.859. The van der Waals surface area contributed by atoms with Crippen LogP contribution in [0.15, 0.2) is 73.2 Å². The van der Waals surface area contributed by atoms with Crippen molar-refractivity contribution < 1.29 is 41.7 Å². The molecule has 0 spiro atoms. The minimum Gasteiger partial charge on any atom is -0.491 e. The molecule has 1 saturated heterocycles. The fraction of sp³-hybridized carbons (Fsp3) is 0.333. The van der Waals surface area contributed by atoms with Crippen LogP contribution < -0.4 is 14.2 Å². The third-order valence-electron chi connectivity index (χ3n) is 11.3. The van der Waals surface area contributed by atoms with Crippen molar-refractivity contribution in [2.75, 3.05) is 46.4 Å². The molecule has 1 N–H and O–H groups in total. The van der Waals surface area contributed by atoms with Crippen LogP contribution in [0.2, 0.25) is 5.02 Å². The minimum atomic E-state index is -4.48. The number of piperazine rings is 1. The smallest absolute Gasteiger partial charge is 0.408 e. The number of thiophene rings is 1. The first-order chi connectivity index (χ1) is 28.4. The number of likely N-dealkylation sites (N-methyl/N-ethyl adjacent to an activating group) is 1. The summed E-state index contributed by atoms with van der Waals surface area (Å²) in [6.07, 6.45) is -2.47. The van der Waals surface area contributed by atoms with Gasteiger partial charge in [0.2, 0.25) is 12.0 Å². The fourth-order valence-corrected chi connectivity index (χ4v) is 9.64. The Balaban J connectivity index is 1.09. The van der Waals surface area contributed by atoms with E-state index in [9.17, 15) is 27.5 Å². The summed E-state index contributed by atoms with van der Waals surface area (Å²) in [5.41, 5.74) is -0.309. The zero-order valence-corrected chi connectivity index (χ0v) is 33.2. The van der Waals surface area contributed by atoms with Gasteiger partial charge in [0.1, 0.15) is 48.2 Å². The third-order valence-corrected chi connectivity index (χ3v) is 12.8. The molecule has 17 heteroatoms. The molecule has 1 unspecified atom stereocenters. The van der Waals surface area contributed by atoms with Crippen LogP contribution in [0.25, 0.3) is 41.8 Å². The number of halogens is 5. The fourth-order valence-electron chi connectivity index (χ4n) is 8.13. The highest BCUT2D eigenvalue weighted by molar-refractivity contribution is 7.26. The van der Waals surface area contributed by atoms with E-state index in [0.29, 0.717) is 73.3 Å². The van der Waals surface area contributed by atoms with E-state index in [0.717, 1.165) is 47.5 Å². The monoisotopic (exact) mass is 848 g/mol. The first-order valence-electron chi connectivity index (χ1n) is 19.0. The Bertz CT molecular complexity index is 2730. The van der Waals surface area contributed by atoms with Crippen molar-refractivity contribution in [3.63, 3.8) is 0 Å². The summed E-state index contributed by atoms with van der Waals surface area (Å²) in [6, 6.07) is 16.5. The van der Waals surface area contributed by atoms with Crippen LogP contribution in [0.5, 0.6) is 17.4 Å². The Morgan fingerprint density at radius 1 is 0.949 bits per heavy atom. The maximum atomic E-state index is 15.0. The predicted molar refractivity (Wildman–Crippen MR) is 216 cm³/mol. The lowest BCUT2D eigenvalue weighted by Gasteiger charge is -2.32. The zero-order chi connectivity index (χ0) is 41.1. The Morgan fingerprint density at radius 2 is 1.73 bits per heavy atom. The van der Waals surface area contributed by atoms with Gasteiger partial charge in [0.15, 0.2) is 0 Å². The van der Waals surface area contributed by atoms with Crippen molar-refractivity contribution in [3.8, 4) is 17.4 Å². The molecule has 2 fully saturated rings. The van der Waals surface area contributed by atoms with Crippen LogP contribution in [0.4, 0.5) is 17.6 Å². The Labute approximate surface area is 343 Å². The normalized spacial score (nSPS) is 16.6. The quantitative estimate of drug-likeness (QED) is 0.0896. The second kappa shape index (κ2) is 15.4. The van der Waals surface area contributed by atoms with Crippen molar-refractivity contribution in [2.45, 2.75) is 43.7 Å². The lowest BCUT2D eigenvalue weighted by Crippen LogP contribution is -2.45. The molecule has 1 saturated carbocycles. The van der Waals surface area contributed by atoms with Crippen LogP contribution in [0.1, 0.15) is 24.1 Å². The summed E-state index contributed by atoms with van der Waals surface area (Å²) in [6.45, 7) is 3.47. The number of hydrogen-bond acceptors (Lipinski definition) is 10. The molecule has 0 radical (unpaired) electrons. The average Bonchev–Trinajstić information content (AvgIpc) is 3.72. The van der Waals surface area contributed by atoms with Crippen molar-refractivity contribution in [3.05, 3.63) is 95.3 Å². The van der Waals surface area contributed by atoms with Crippen molar-refractivity contribution in [1.29, 1.82) is 0 Å². The summed E-state index contributed by atoms with van der Waals surface area (Å²) >= 11 is 8.52. The maximum absolute atomic E-state index is 15.0. The average molecular weight is 849 g/mol. The highest BCUT2D eigenvalue weighted by atomic mass is 35.5. The molecule has 0 amide bonds. The van der Waals surface area contributed by atoms with Crippen molar-refractivity contribution in [2.24, 2.45) is 0 Å².